The monoisotopic (exact) mass is 236 g/mol. The van der Waals surface area contributed by atoms with Crippen LogP contribution in [0.1, 0.15) is 32.1 Å². The quantitative estimate of drug-likeness (QED) is 0.516. The lowest BCUT2D eigenvalue weighted by molar-refractivity contribution is -0.356. The van der Waals surface area contributed by atoms with Crippen LogP contribution in [0.25, 0.3) is 0 Å². The molecule has 4 saturated carbocycles. The van der Waals surface area contributed by atoms with Crippen LogP contribution in [0.3, 0.4) is 0 Å². The maximum Gasteiger partial charge on any atom is 0.125 e. The van der Waals surface area contributed by atoms with E-state index in [-0.39, 0.29) is 6.10 Å². The molecule has 2 aliphatic heterocycles. The highest BCUT2D eigenvalue weighted by Gasteiger charge is 2.59. The number of fused-ring (bicyclic) bond motifs is 1. The van der Waals surface area contributed by atoms with E-state index < -0.39 is 0 Å². The van der Waals surface area contributed by atoms with Gasteiger partial charge in [-0.15, -0.1) is 0 Å². The van der Waals surface area contributed by atoms with Crippen molar-refractivity contribution in [3.63, 3.8) is 0 Å². The standard InChI is InChI=1S/C14H20O3/c1-7-2-9-4-8(1)5-10(3-7)12(9)14-13-11(16-13)6-15-17-14/h7-14H,1-6H2/t7?,8?,9?,10?,11-,12?,13-,14+/m0/s1. The largest absolute Gasteiger partial charge is 0.364 e. The normalized spacial score (nSPS) is 63.5. The second-order valence-electron chi connectivity index (χ2n) is 6.99. The summed E-state index contributed by atoms with van der Waals surface area (Å²) in [5.41, 5.74) is 0. The second kappa shape index (κ2) is 3.25. The van der Waals surface area contributed by atoms with Crippen LogP contribution in [0, 0.1) is 29.6 Å². The van der Waals surface area contributed by atoms with Crippen molar-refractivity contribution in [2.45, 2.75) is 50.4 Å². The molecule has 0 amide bonds. The Labute approximate surface area is 102 Å². The zero-order valence-electron chi connectivity index (χ0n) is 10.1. The average molecular weight is 236 g/mol. The Morgan fingerprint density at radius 1 is 0.765 bits per heavy atom. The molecule has 17 heavy (non-hydrogen) atoms. The molecule has 94 valence electrons. The minimum atomic E-state index is 0.253. The Hall–Kier alpha value is -0.120. The van der Waals surface area contributed by atoms with Gasteiger partial charge in [0, 0.05) is 0 Å². The van der Waals surface area contributed by atoms with E-state index >= 15 is 0 Å². The molecule has 0 aromatic heterocycles. The van der Waals surface area contributed by atoms with Crippen LogP contribution >= 0.6 is 0 Å². The number of epoxide rings is 1. The molecule has 3 atom stereocenters. The van der Waals surface area contributed by atoms with E-state index in [4.69, 9.17) is 14.5 Å². The molecule has 0 spiro atoms. The van der Waals surface area contributed by atoms with Gasteiger partial charge in [-0.3, -0.25) is 0 Å². The molecule has 3 heteroatoms. The molecule has 6 aliphatic rings. The molecular weight excluding hydrogens is 216 g/mol. The molecule has 4 aliphatic carbocycles. The third kappa shape index (κ3) is 1.33. The molecule has 0 aromatic rings. The van der Waals surface area contributed by atoms with Gasteiger partial charge in [-0.25, -0.2) is 9.78 Å². The molecule has 6 rings (SSSR count). The van der Waals surface area contributed by atoms with Crippen LogP contribution in [-0.4, -0.2) is 24.9 Å². The molecular formula is C14H20O3. The predicted octanol–water partition coefficient (Wildman–Crippen LogP) is 2.16. The Morgan fingerprint density at radius 2 is 1.47 bits per heavy atom. The lowest BCUT2D eigenvalue weighted by Gasteiger charge is -2.56. The SMILES string of the molecule is C1C2CC3CC1CC(C2)C3[C@H]1OOC[C@@H]2O[C@@H]21. The first-order valence-corrected chi connectivity index (χ1v) is 7.32. The van der Waals surface area contributed by atoms with Crippen molar-refractivity contribution in [3.8, 4) is 0 Å². The van der Waals surface area contributed by atoms with Crippen LogP contribution < -0.4 is 0 Å². The molecule has 3 nitrogen and oxygen atoms in total. The van der Waals surface area contributed by atoms with E-state index in [2.05, 4.69) is 0 Å². The van der Waals surface area contributed by atoms with Crippen LogP contribution in [0.4, 0.5) is 0 Å². The van der Waals surface area contributed by atoms with Crippen molar-refractivity contribution in [3.05, 3.63) is 0 Å². The van der Waals surface area contributed by atoms with Gasteiger partial charge in [0.15, 0.2) is 0 Å². The molecule has 2 heterocycles. The van der Waals surface area contributed by atoms with Crippen LogP contribution in [0.5, 0.6) is 0 Å². The fraction of sp³-hybridized carbons (Fsp3) is 1.00. The van der Waals surface area contributed by atoms with Crippen molar-refractivity contribution in [1.29, 1.82) is 0 Å². The van der Waals surface area contributed by atoms with E-state index in [0.29, 0.717) is 18.8 Å². The van der Waals surface area contributed by atoms with Gasteiger partial charge in [0.25, 0.3) is 0 Å². The average Bonchev–Trinajstić information content (AvgIpc) is 3.07. The molecule has 2 saturated heterocycles. The first kappa shape index (κ1) is 9.76. The van der Waals surface area contributed by atoms with Crippen LogP contribution in [0.2, 0.25) is 0 Å². The van der Waals surface area contributed by atoms with Gasteiger partial charge in [-0.2, -0.15) is 0 Å². The zero-order chi connectivity index (χ0) is 11.0. The van der Waals surface area contributed by atoms with E-state index in [9.17, 15) is 0 Å². The van der Waals surface area contributed by atoms with Gasteiger partial charge in [0.1, 0.15) is 24.9 Å². The number of rotatable bonds is 1. The van der Waals surface area contributed by atoms with Crippen molar-refractivity contribution in [2.75, 3.05) is 6.61 Å². The summed E-state index contributed by atoms with van der Waals surface area (Å²) in [5.74, 6) is 4.62. The van der Waals surface area contributed by atoms with Crippen LogP contribution in [0.15, 0.2) is 0 Å². The van der Waals surface area contributed by atoms with E-state index in [1.807, 2.05) is 0 Å². The van der Waals surface area contributed by atoms with E-state index in [1.54, 1.807) is 0 Å². The van der Waals surface area contributed by atoms with E-state index in [0.717, 1.165) is 29.6 Å². The maximum absolute atomic E-state index is 5.70. The molecule has 0 radical (unpaired) electrons. The molecule has 6 fully saturated rings. The lowest BCUT2D eigenvalue weighted by atomic mass is 9.50. The lowest BCUT2D eigenvalue weighted by Crippen LogP contribution is -2.52. The summed E-state index contributed by atoms with van der Waals surface area (Å²) in [6.45, 7) is 0.647. The number of ether oxygens (including phenoxy) is 1. The van der Waals surface area contributed by atoms with Gasteiger partial charge in [-0.1, -0.05) is 0 Å². The van der Waals surface area contributed by atoms with Gasteiger partial charge < -0.3 is 4.74 Å². The van der Waals surface area contributed by atoms with Crippen molar-refractivity contribution < 1.29 is 14.5 Å². The topological polar surface area (TPSA) is 31.0 Å². The van der Waals surface area contributed by atoms with Gasteiger partial charge in [-0.05, 0) is 61.7 Å². The molecule has 0 N–H and O–H groups in total. The molecule has 4 bridgehead atoms. The van der Waals surface area contributed by atoms with Gasteiger partial charge in [0.2, 0.25) is 0 Å². The Kier molecular flexibility index (Phi) is 1.87. The Bertz CT molecular complexity index is 314. The zero-order valence-corrected chi connectivity index (χ0v) is 10.1. The highest BCUT2D eigenvalue weighted by molar-refractivity contribution is 5.05. The van der Waals surface area contributed by atoms with E-state index in [1.165, 1.54) is 32.1 Å². The minimum Gasteiger partial charge on any atom is -0.364 e. The summed E-state index contributed by atoms with van der Waals surface area (Å²) in [6, 6.07) is 0. The summed E-state index contributed by atoms with van der Waals surface area (Å²) < 4.78 is 5.70. The molecule has 0 unspecified atom stereocenters. The summed E-state index contributed by atoms with van der Waals surface area (Å²) in [5, 5.41) is 0. The Balaban J connectivity index is 1.43. The third-order valence-electron chi connectivity index (χ3n) is 6.04. The van der Waals surface area contributed by atoms with Crippen LogP contribution in [-0.2, 0) is 14.5 Å². The minimum absolute atomic E-state index is 0.253. The molecule has 0 aromatic carbocycles. The smallest absolute Gasteiger partial charge is 0.125 e. The second-order valence-corrected chi connectivity index (χ2v) is 6.99. The summed E-state index contributed by atoms with van der Waals surface area (Å²) in [6.07, 6.45) is 8.30. The third-order valence-corrected chi connectivity index (χ3v) is 6.04. The van der Waals surface area contributed by atoms with Crippen molar-refractivity contribution >= 4 is 0 Å². The summed E-state index contributed by atoms with van der Waals surface area (Å²) in [4.78, 5) is 10.9. The number of hydrogen-bond acceptors (Lipinski definition) is 3. The first-order chi connectivity index (χ1) is 8.38. The summed E-state index contributed by atoms with van der Waals surface area (Å²) in [7, 11) is 0. The van der Waals surface area contributed by atoms with Crippen molar-refractivity contribution in [2.24, 2.45) is 29.6 Å². The highest BCUT2D eigenvalue weighted by Crippen LogP contribution is 2.59. The fourth-order valence-corrected chi connectivity index (χ4v) is 5.61. The number of hydrogen-bond donors (Lipinski definition) is 0. The van der Waals surface area contributed by atoms with Crippen molar-refractivity contribution in [1.82, 2.24) is 0 Å². The summed E-state index contributed by atoms with van der Waals surface area (Å²) >= 11 is 0. The highest BCUT2D eigenvalue weighted by atomic mass is 17.2. The van der Waals surface area contributed by atoms with Gasteiger partial charge in [0.05, 0.1) is 0 Å². The van der Waals surface area contributed by atoms with Gasteiger partial charge >= 0.3 is 0 Å². The Morgan fingerprint density at radius 3 is 2.18 bits per heavy atom. The fourth-order valence-electron chi connectivity index (χ4n) is 5.61. The maximum atomic E-state index is 5.70. The predicted molar refractivity (Wildman–Crippen MR) is 60.0 cm³/mol. The first-order valence-electron chi connectivity index (χ1n) is 7.32.